The van der Waals surface area contributed by atoms with E-state index in [0.29, 0.717) is 11.3 Å². The molecule has 0 radical (unpaired) electrons. The molecular weight excluding hydrogens is 346 g/mol. The van der Waals surface area contributed by atoms with Crippen molar-refractivity contribution in [1.29, 1.82) is 0 Å². The van der Waals surface area contributed by atoms with E-state index in [2.05, 4.69) is 5.32 Å². The molecule has 0 fully saturated rings. The molecule has 0 saturated carbocycles. The van der Waals surface area contributed by atoms with Crippen molar-refractivity contribution in [1.82, 2.24) is 5.32 Å². The second-order valence-corrected chi connectivity index (χ2v) is 5.75. The normalized spacial score (nSPS) is 13.0. The molecule has 1 amide bonds. The zero-order valence-corrected chi connectivity index (χ0v) is 14.4. The summed E-state index contributed by atoms with van der Waals surface area (Å²) in [5.41, 5.74) is 1.19. The Morgan fingerprint density at radius 3 is 2.56 bits per heavy atom. The molecule has 134 valence electrons. The second-order valence-electron chi connectivity index (χ2n) is 5.34. The Morgan fingerprint density at radius 2 is 1.92 bits per heavy atom. The summed E-state index contributed by atoms with van der Waals surface area (Å²) in [6, 6.07) is 13.9. The van der Waals surface area contributed by atoms with Gasteiger partial charge in [0.2, 0.25) is 0 Å². The van der Waals surface area contributed by atoms with Gasteiger partial charge in [-0.15, -0.1) is 0 Å². The minimum atomic E-state index is -1.26. The summed E-state index contributed by atoms with van der Waals surface area (Å²) in [6.07, 6.45) is -3.18. The van der Waals surface area contributed by atoms with E-state index in [-0.39, 0.29) is 18.2 Å². The molecule has 0 aliphatic carbocycles. The quantitative estimate of drug-likeness (QED) is 0.702. The van der Waals surface area contributed by atoms with Crippen LogP contribution >= 0.6 is 11.6 Å². The Morgan fingerprint density at radius 1 is 1.20 bits per heavy atom. The fourth-order valence-corrected chi connectivity index (χ4v) is 2.44. The van der Waals surface area contributed by atoms with Gasteiger partial charge in [0.15, 0.2) is 0 Å². The van der Waals surface area contributed by atoms with Crippen molar-refractivity contribution >= 4 is 17.7 Å². The van der Waals surface area contributed by atoms with E-state index in [4.69, 9.17) is 21.1 Å². The lowest BCUT2D eigenvalue weighted by atomic mass is 10.0. The highest BCUT2D eigenvalue weighted by molar-refractivity contribution is 6.31. The van der Waals surface area contributed by atoms with E-state index in [1.807, 2.05) is 30.3 Å². The number of carbonyl (C=O) groups excluding carboxylic acids is 1. The first-order valence-electron chi connectivity index (χ1n) is 7.65. The number of amides is 1. The molecule has 6 nitrogen and oxygen atoms in total. The van der Waals surface area contributed by atoms with Crippen LogP contribution in [0.25, 0.3) is 0 Å². The van der Waals surface area contributed by atoms with Gasteiger partial charge in [-0.1, -0.05) is 48.0 Å². The number of hydrogen-bond acceptors (Lipinski definition) is 5. The number of methoxy groups -OCH3 is 1. The fraction of sp³-hybridized carbons (Fsp3) is 0.278. The van der Waals surface area contributed by atoms with Crippen LogP contribution in [0.15, 0.2) is 48.5 Å². The van der Waals surface area contributed by atoms with Crippen LogP contribution < -0.4 is 10.1 Å². The van der Waals surface area contributed by atoms with Crippen LogP contribution in [-0.2, 0) is 11.3 Å². The third-order valence-corrected chi connectivity index (χ3v) is 3.89. The van der Waals surface area contributed by atoms with Crippen molar-refractivity contribution in [2.45, 2.75) is 18.8 Å². The van der Waals surface area contributed by atoms with Gasteiger partial charge >= 0.3 is 6.09 Å². The molecule has 0 saturated heterocycles. The van der Waals surface area contributed by atoms with Gasteiger partial charge in [-0.2, -0.15) is 0 Å². The number of aliphatic hydroxyl groups is 2. The van der Waals surface area contributed by atoms with Crippen molar-refractivity contribution in [3.8, 4) is 5.75 Å². The van der Waals surface area contributed by atoms with E-state index in [1.54, 1.807) is 12.1 Å². The summed E-state index contributed by atoms with van der Waals surface area (Å²) in [4.78, 5) is 11.7. The van der Waals surface area contributed by atoms with Gasteiger partial charge in [-0.25, -0.2) is 4.79 Å². The van der Waals surface area contributed by atoms with E-state index >= 15 is 0 Å². The molecule has 0 heterocycles. The Labute approximate surface area is 151 Å². The molecule has 25 heavy (non-hydrogen) atoms. The lowest BCUT2D eigenvalue weighted by Gasteiger charge is -2.20. The zero-order chi connectivity index (χ0) is 18.2. The van der Waals surface area contributed by atoms with Crippen molar-refractivity contribution in [3.63, 3.8) is 0 Å². The molecule has 2 atom stereocenters. The molecule has 0 aromatic heterocycles. The first-order valence-corrected chi connectivity index (χ1v) is 8.03. The van der Waals surface area contributed by atoms with Gasteiger partial charge in [0.05, 0.1) is 12.1 Å². The van der Waals surface area contributed by atoms with Crippen molar-refractivity contribution in [2.24, 2.45) is 0 Å². The molecule has 7 heteroatoms. The lowest BCUT2D eigenvalue weighted by molar-refractivity contribution is 0.0184. The topological polar surface area (TPSA) is 88.0 Å². The van der Waals surface area contributed by atoms with Crippen molar-refractivity contribution < 1.29 is 24.5 Å². The highest BCUT2D eigenvalue weighted by atomic mass is 35.5. The van der Waals surface area contributed by atoms with Crippen LogP contribution in [0.1, 0.15) is 17.2 Å². The van der Waals surface area contributed by atoms with Gasteiger partial charge in [-0.3, -0.25) is 0 Å². The Bertz CT molecular complexity index is 695. The number of hydrogen-bond donors (Lipinski definition) is 3. The Balaban J connectivity index is 1.82. The van der Waals surface area contributed by atoms with Crippen LogP contribution in [0.2, 0.25) is 5.02 Å². The Hall–Kier alpha value is -2.28. The average molecular weight is 366 g/mol. The van der Waals surface area contributed by atoms with Gasteiger partial charge in [-0.05, 0) is 17.7 Å². The predicted molar refractivity (Wildman–Crippen MR) is 93.6 cm³/mol. The number of carbonyl (C=O) groups is 1. The van der Waals surface area contributed by atoms with Crippen molar-refractivity contribution in [2.75, 3.05) is 13.7 Å². The summed E-state index contributed by atoms with van der Waals surface area (Å²) in [6.45, 7) is -0.0627. The lowest BCUT2D eigenvalue weighted by Crippen LogP contribution is -2.35. The second kappa shape index (κ2) is 9.27. The summed E-state index contributed by atoms with van der Waals surface area (Å²) in [5, 5.41) is 22.9. The summed E-state index contributed by atoms with van der Waals surface area (Å²) in [7, 11) is 1.50. The molecule has 0 bridgehead atoms. The molecule has 0 aliphatic heterocycles. The van der Waals surface area contributed by atoms with Gasteiger partial charge < -0.3 is 25.0 Å². The third kappa shape index (κ3) is 5.63. The van der Waals surface area contributed by atoms with Crippen LogP contribution in [-0.4, -0.2) is 36.1 Å². The third-order valence-electron chi connectivity index (χ3n) is 3.56. The van der Waals surface area contributed by atoms with Gasteiger partial charge in [0.25, 0.3) is 0 Å². The number of ether oxygens (including phenoxy) is 2. The molecule has 2 aromatic carbocycles. The monoisotopic (exact) mass is 365 g/mol. The summed E-state index contributed by atoms with van der Waals surface area (Å²) < 4.78 is 10.1. The molecule has 2 rings (SSSR count). The van der Waals surface area contributed by atoms with Gasteiger partial charge in [0.1, 0.15) is 24.6 Å². The smallest absolute Gasteiger partial charge is 0.407 e. The van der Waals surface area contributed by atoms with Crippen LogP contribution in [0.5, 0.6) is 5.75 Å². The van der Waals surface area contributed by atoms with Crippen LogP contribution in [0.3, 0.4) is 0 Å². The highest BCUT2D eigenvalue weighted by Gasteiger charge is 2.22. The zero-order valence-electron chi connectivity index (χ0n) is 13.7. The first-order chi connectivity index (χ1) is 12.0. The number of rotatable bonds is 7. The maximum atomic E-state index is 11.7. The SMILES string of the molecule is COc1ccc(C(O)C(O)CNC(=O)OCc2ccccc2)c(Cl)c1. The van der Waals surface area contributed by atoms with E-state index < -0.39 is 18.3 Å². The van der Waals surface area contributed by atoms with Gasteiger partial charge in [0, 0.05) is 12.1 Å². The largest absolute Gasteiger partial charge is 0.497 e. The van der Waals surface area contributed by atoms with Crippen LogP contribution in [0, 0.1) is 0 Å². The van der Waals surface area contributed by atoms with Crippen LogP contribution in [0.4, 0.5) is 4.79 Å². The maximum absolute atomic E-state index is 11.7. The molecule has 2 unspecified atom stereocenters. The minimum absolute atomic E-state index is 0.121. The number of benzene rings is 2. The van der Waals surface area contributed by atoms with E-state index in [9.17, 15) is 15.0 Å². The average Bonchev–Trinajstić information content (AvgIpc) is 2.64. The van der Waals surface area contributed by atoms with Crippen molar-refractivity contribution in [3.05, 3.63) is 64.7 Å². The Kier molecular flexibility index (Phi) is 7.06. The van der Waals surface area contributed by atoms with E-state index in [0.717, 1.165) is 5.56 Å². The molecule has 3 N–H and O–H groups in total. The summed E-state index contributed by atoms with van der Waals surface area (Å²) >= 11 is 6.06. The molecule has 0 spiro atoms. The minimum Gasteiger partial charge on any atom is -0.497 e. The highest BCUT2D eigenvalue weighted by Crippen LogP contribution is 2.28. The maximum Gasteiger partial charge on any atom is 0.407 e. The van der Waals surface area contributed by atoms with E-state index in [1.165, 1.54) is 13.2 Å². The molecular formula is C18H20ClNO5. The summed E-state index contributed by atoms with van der Waals surface area (Å²) in [5.74, 6) is 0.540. The number of halogens is 1. The fourth-order valence-electron chi connectivity index (χ4n) is 2.16. The number of nitrogens with one attached hydrogen (secondary N) is 1. The predicted octanol–water partition coefficient (Wildman–Crippen LogP) is 2.67. The molecule has 2 aromatic rings. The first kappa shape index (κ1) is 19.1. The standard InChI is InChI=1S/C18H20ClNO5/c1-24-13-7-8-14(15(19)9-13)17(22)16(21)10-20-18(23)25-11-12-5-3-2-4-6-12/h2-9,16-17,21-22H,10-11H2,1H3,(H,20,23). The number of aliphatic hydroxyl groups excluding tert-OH is 2. The number of alkyl carbamates (subject to hydrolysis) is 1. The molecule has 0 aliphatic rings.